The van der Waals surface area contributed by atoms with Crippen LogP contribution in [0.1, 0.15) is 32.4 Å². The number of ether oxygens (including phenoxy) is 1. The van der Waals surface area contributed by atoms with Crippen molar-refractivity contribution >= 4 is 22.8 Å². The van der Waals surface area contributed by atoms with Crippen LogP contribution in [0.4, 0.5) is 0 Å². The quantitative estimate of drug-likeness (QED) is 0.398. The van der Waals surface area contributed by atoms with Gasteiger partial charge in [0.1, 0.15) is 11.6 Å². The van der Waals surface area contributed by atoms with Crippen LogP contribution >= 0.6 is 11.8 Å². The van der Waals surface area contributed by atoms with E-state index in [1.807, 2.05) is 42.5 Å². The molecular formula is C21H24N6OS. The minimum atomic E-state index is -0.170. The van der Waals surface area contributed by atoms with Gasteiger partial charge >= 0.3 is 0 Å². The molecule has 0 fully saturated rings. The van der Waals surface area contributed by atoms with Crippen molar-refractivity contribution in [2.75, 3.05) is 13.0 Å². The van der Waals surface area contributed by atoms with Crippen LogP contribution in [0.5, 0.6) is 5.75 Å². The number of nitrogens with zero attached hydrogens (tertiary/aromatic N) is 5. The van der Waals surface area contributed by atoms with E-state index in [2.05, 4.69) is 41.6 Å². The lowest BCUT2D eigenvalue weighted by Gasteiger charge is -2.16. The molecule has 0 aliphatic heterocycles. The molecule has 4 rings (SSSR count). The third kappa shape index (κ3) is 3.67. The largest absolute Gasteiger partial charge is 0.497 e. The molecule has 29 heavy (non-hydrogen) atoms. The standard InChI is InChI=1S/C21H24N6OS/c1-21(2,3)19-24-25-20(27(19)22)29-13-18-23-16-7-5-6-8-17(16)26(18)14-9-11-15(28-4)12-10-14/h5-12H,13,22H2,1-4H3. The van der Waals surface area contributed by atoms with Gasteiger partial charge in [0.25, 0.3) is 0 Å². The molecule has 2 heterocycles. The molecule has 0 amide bonds. The number of para-hydroxylation sites is 2. The first-order valence-corrected chi connectivity index (χ1v) is 10.3. The number of nitrogens with two attached hydrogens (primary N) is 1. The monoisotopic (exact) mass is 408 g/mol. The SMILES string of the molecule is COc1ccc(-n2c(CSc3nnc(C(C)(C)C)n3N)nc3ccccc32)cc1. The van der Waals surface area contributed by atoms with Crippen molar-refractivity contribution < 1.29 is 4.74 Å². The van der Waals surface area contributed by atoms with E-state index in [4.69, 9.17) is 15.6 Å². The zero-order chi connectivity index (χ0) is 20.6. The van der Waals surface area contributed by atoms with Crippen LogP contribution in [0, 0.1) is 0 Å². The van der Waals surface area contributed by atoms with Crippen LogP contribution in [0.25, 0.3) is 16.7 Å². The molecular weight excluding hydrogens is 384 g/mol. The number of imidazole rings is 1. The van der Waals surface area contributed by atoms with Crippen LogP contribution in [0.2, 0.25) is 0 Å². The lowest BCUT2D eigenvalue weighted by atomic mass is 9.96. The van der Waals surface area contributed by atoms with E-state index in [0.717, 1.165) is 34.1 Å². The molecule has 150 valence electrons. The Hall–Kier alpha value is -3.00. The molecule has 0 atom stereocenters. The van der Waals surface area contributed by atoms with Crippen molar-refractivity contribution in [2.45, 2.75) is 37.1 Å². The van der Waals surface area contributed by atoms with Crippen molar-refractivity contribution in [3.8, 4) is 11.4 Å². The molecule has 0 saturated heterocycles. The predicted molar refractivity (Wildman–Crippen MR) is 116 cm³/mol. The van der Waals surface area contributed by atoms with Gasteiger partial charge in [-0.05, 0) is 36.4 Å². The second kappa shape index (κ2) is 7.44. The maximum Gasteiger partial charge on any atom is 0.210 e. The average Bonchev–Trinajstić information content (AvgIpc) is 3.26. The number of hydrogen-bond acceptors (Lipinski definition) is 6. The first kappa shape index (κ1) is 19.3. The highest BCUT2D eigenvalue weighted by atomic mass is 32.2. The summed E-state index contributed by atoms with van der Waals surface area (Å²) in [6.45, 7) is 6.20. The highest BCUT2D eigenvalue weighted by molar-refractivity contribution is 7.98. The summed E-state index contributed by atoms with van der Waals surface area (Å²) in [6, 6.07) is 16.1. The zero-order valence-electron chi connectivity index (χ0n) is 17.0. The molecule has 2 N–H and O–H groups in total. The lowest BCUT2D eigenvalue weighted by molar-refractivity contribution is 0.414. The molecule has 7 nitrogen and oxygen atoms in total. The smallest absolute Gasteiger partial charge is 0.210 e. The molecule has 0 unspecified atom stereocenters. The number of nitrogen functional groups attached to an aromatic ring is 1. The number of benzene rings is 2. The van der Waals surface area contributed by atoms with Gasteiger partial charge in [-0.2, -0.15) is 0 Å². The molecule has 0 aliphatic carbocycles. The second-order valence-corrected chi connectivity index (χ2v) is 8.71. The Labute approximate surface area is 173 Å². The van der Waals surface area contributed by atoms with Crippen LogP contribution in [0.3, 0.4) is 0 Å². The van der Waals surface area contributed by atoms with E-state index in [1.54, 1.807) is 11.8 Å². The van der Waals surface area contributed by atoms with Gasteiger partial charge in [-0.1, -0.05) is 44.7 Å². The van der Waals surface area contributed by atoms with Gasteiger partial charge in [-0.3, -0.25) is 4.57 Å². The molecule has 4 aromatic rings. The van der Waals surface area contributed by atoms with E-state index in [1.165, 1.54) is 11.8 Å². The van der Waals surface area contributed by atoms with Gasteiger partial charge in [0.05, 0.1) is 23.9 Å². The number of fused-ring (bicyclic) bond motifs is 1. The molecule has 8 heteroatoms. The first-order valence-electron chi connectivity index (χ1n) is 9.33. The third-order valence-electron chi connectivity index (χ3n) is 4.63. The van der Waals surface area contributed by atoms with Crippen molar-refractivity contribution in [2.24, 2.45) is 0 Å². The molecule has 0 saturated carbocycles. The summed E-state index contributed by atoms with van der Waals surface area (Å²) in [6.07, 6.45) is 0. The Bertz CT molecular complexity index is 1140. The van der Waals surface area contributed by atoms with Gasteiger partial charge in [0.2, 0.25) is 5.16 Å². The van der Waals surface area contributed by atoms with Crippen molar-refractivity contribution in [1.29, 1.82) is 0 Å². The fourth-order valence-electron chi connectivity index (χ4n) is 3.21. The highest BCUT2D eigenvalue weighted by Crippen LogP contribution is 2.29. The second-order valence-electron chi connectivity index (χ2n) is 7.77. The minimum absolute atomic E-state index is 0.170. The van der Waals surface area contributed by atoms with Gasteiger partial charge in [0.15, 0.2) is 5.82 Å². The van der Waals surface area contributed by atoms with E-state index in [0.29, 0.717) is 10.9 Å². The summed E-state index contributed by atoms with van der Waals surface area (Å²) in [5.74, 6) is 9.34. The molecule has 0 radical (unpaired) electrons. The number of aromatic nitrogens is 5. The first-order chi connectivity index (χ1) is 13.9. The van der Waals surface area contributed by atoms with E-state index < -0.39 is 0 Å². The van der Waals surface area contributed by atoms with E-state index in [9.17, 15) is 0 Å². The van der Waals surface area contributed by atoms with Gasteiger partial charge in [-0.15, -0.1) is 10.2 Å². The Morgan fingerprint density at radius 1 is 1.03 bits per heavy atom. The predicted octanol–water partition coefficient (Wildman–Crippen LogP) is 3.93. The van der Waals surface area contributed by atoms with Gasteiger partial charge < -0.3 is 10.6 Å². The van der Waals surface area contributed by atoms with Crippen LogP contribution < -0.4 is 10.6 Å². The Morgan fingerprint density at radius 2 is 1.76 bits per heavy atom. The van der Waals surface area contributed by atoms with Gasteiger partial charge in [-0.25, -0.2) is 9.66 Å². The summed E-state index contributed by atoms with van der Waals surface area (Å²) in [4.78, 5) is 4.84. The number of methoxy groups -OCH3 is 1. The average molecular weight is 409 g/mol. The summed E-state index contributed by atoms with van der Waals surface area (Å²) in [5, 5.41) is 9.21. The Balaban J connectivity index is 1.70. The number of thioether (sulfide) groups is 1. The third-order valence-corrected chi connectivity index (χ3v) is 5.57. The Kier molecular flexibility index (Phi) is 4.96. The maximum atomic E-state index is 6.24. The van der Waals surface area contributed by atoms with Crippen molar-refractivity contribution in [3.63, 3.8) is 0 Å². The van der Waals surface area contributed by atoms with E-state index >= 15 is 0 Å². The zero-order valence-corrected chi connectivity index (χ0v) is 17.8. The molecule has 0 aliphatic rings. The molecule has 0 bridgehead atoms. The molecule has 2 aromatic heterocycles. The Morgan fingerprint density at radius 3 is 2.41 bits per heavy atom. The lowest BCUT2D eigenvalue weighted by Crippen LogP contribution is -2.24. The normalized spacial score (nSPS) is 11.9. The van der Waals surface area contributed by atoms with E-state index in [-0.39, 0.29) is 5.41 Å². The van der Waals surface area contributed by atoms with Crippen molar-refractivity contribution in [1.82, 2.24) is 24.4 Å². The van der Waals surface area contributed by atoms with Crippen molar-refractivity contribution in [3.05, 3.63) is 60.2 Å². The van der Waals surface area contributed by atoms with Crippen LogP contribution in [-0.4, -0.2) is 31.5 Å². The number of hydrogen-bond donors (Lipinski definition) is 1. The summed E-state index contributed by atoms with van der Waals surface area (Å²) < 4.78 is 9.02. The fraction of sp³-hybridized carbons (Fsp3) is 0.286. The fourth-order valence-corrected chi connectivity index (χ4v) is 3.98. The van der Waals surface area contributed by atoms with Crippen LogP contribution in [-0.2, 0) is 11.2 Å². The maximum absolute atomic E-state index is 6.24. The summed E-state index contributed by atoms with van der Waals surface area (Å²) in [7, 11) is 1.67. The topological polar surface area (TPSA) is 83.8 Å². The number of rotatable bonds is 5. The minimum Gasteiger partial charge on any atom is -0.497 e. The summed E-state index contributed by atoms with van der Waals surface area (Å²) >= 11 is 1.53. The van der Waals surface area contributed by atoms with Crippen LogP contribution in [0.15, 0.2) is 53.7 Å². The molecule has 0 spiro atoms. The highest BCUT2D eigenvalue weighted by Gasteiger charge is 2.23. The molecule has 2 aromatic carbocycles. The van der Waals surface area contributed by atoms with Gasteiger partial charge in [0, 0.05) is 11.1 Å². The summed E-state index contributed by atoms with van der Waals surface area (Å²) in [5.41, 5.74) is 2.86.